The number of para-hydroxylation sites is 1. The van der Waals surface area contributed by atoms with E-state index in [9.17, 15) is 9.90 Å². The molecule has 3 aromatic rings. The number of hydrogen-bond acceptors (Lipinski definition) is 4. The standard InChI is InChI=1S/C18H15ClN4O2/c19-14-7-3-4-8-15(14)23-20-16(18(24)25)17(21-23)22-10-9-12-5-1-2-6-13(12)11-22/h1-8H,9-11H2,(H,24,25). The minimum Gasteiger partial charge on any atom is -0.476 e. The van der Waals surface area contributed by atoms with E-state index in [2.05, 4.69) is 22.3 Å². The van der Waals surface area contributed by atoms with Gasteiger partial charge in [0.05, 0.1) is 5.02 Å². The number of carboxylic acids is 1. The molecule has 7 heteroatoms. The Morgan fingerprint density at radius 2 is 1.76 bits per heavy atom. The molecule has 0 unspecified atom stereocenters. The van der Waals surface area contributed by atoms with Crippen LogP contribution in [0.5, 0.6) is 0 Å². The average Bonchev–Trinajstić information content (AvgIpc) is 3.07. The molecule has 2 heterocycles. The van der Waals surface area contributed by atoms with E-state index in [0.29, 0.717) is 29.6 Å². The van der Waals surface area contributed by atoms with Crippen molar-refractivity contribution in [2.24, 2.45) is 0 Å². The Kier molecular flexibility index (Phi) is 3.89. The molecule has 4 rings (SSSR count). The number of carbonyl (C=O) groups is 1. The first-order valence-corrected chi connectivity index (χ1v) is 8.28. The van der Waals surface area contributed by atoms with Crippen LogP contribution in [-0.2, 0) is 13.0 Å². The molecular weight excluding hydrogens is 340 g/mol. The maximum absolute atomic E-state index is 11.7. The third-order valence-electron chi connectivity index (χ3n) is 4.30. The third-order valence-corrected chi connectivity index (χ3v) is 4.62. The number of fused-ring (bicyclic) bond motifs is 1. The summed E-state index contributed by atoms with van der Waals surface area (Å²) in [4.78, 5) is 14.9. The van der Waals surface area contributed by atoms with Gasteiger partial charge in [0.1, 0.15) is 5.69 Å². The van der Waals surface area contributed by atoms with Gasteiger partial charge in [0.25, 0.3) is 0 Å². The summed E-state index contributed by atoms with van der Waals surface area (Å²) in [6, 6.07) is 15.2. The van der Waals surface area contributed by atoms with Crippen molar-refractivity contribution >= 4 is 23.4 Å². The fraction of sp³-hybridized carbons (Fsp3) is 0.167. The van der Waals surface area contributed by atoms with Gasteiger partial charge in [-0.1, -0.05) is 48.0 Å². The molecular formula is C18H15ClN4O2. The largest absolute Gasteiger partial charge is 0.476 e. The summed E-state index contributed by atoms with van der Waals surface area (Å²) in [5.74, 6) is -0.742. The molecule has 25 heavy (non-hydrogen) atoms. The van der Waals surface area contributed by atoms with E-state index in [1.807, 2.05) is 23.1 Å². The smallest absolute Gasteiger partial charge is 0.360 e. The van der Waals surface area contributed by atoms with Gasteiger partial charge in [0, 0.05) is 13.1 Å². The summed E-state index contributed by atoms with van der Waals surface area (Å²) < 4.78 is 0. The topological polar surface area (TPSA) is 71.2 Å². The van der Waals surface area contributed by atoms with E-state index >= 15 is 0 Å². The lowest BCUT2D eigenvalue weighted by molar-refractivity contribution is 0.0690. The molecule has 0 saturated heterocycles. The number of aromatic carboxylic acids is 1. The highest BCUT2D eigenvalue weighted by Gasteiger charge is 2.26. The molecule has 1 aromatic heterocycles. The molecule has 0 atom stereocenters. The Hall–Kier alpha value is -2.86. The minimum absolute atomic E-state index is 0.0701. The van der Waals surface area contributed by atoms with Gasteiger partial charge >= 0.3 is 5.97 Å². The van der Waals surface area contributed by atoms with Gasteiger partial charge in [-0.15, -0.1) is 15.0 Å². The molecule has 0 saturated carbocycles. The first-order valence-electron chi connectivity index (χ1n) is 7.91. The number of aromatic nitrogens is 3. The number of rotatable bonds is 3. The number of benzene rings is 2. The molecule has 2 aromatic carbocycles. The first kappa shape index (κ1) is 15.7. The SMILES string of the molecule is O=C(O)c1nn(-c2ccccc2Cl)nc1N1CCc2ccccc2C1. The van der Waals surface area contributed by atoms with Crippen molar-refractivity contribution in [3.05, 3.63) is 70.4 Å². The number of anilines is 1. The second-order valence-corrected chi connectivity index (χ2v) is 6.27. The van der Waals surface area contributed by atoms with Crippen LogP contribution in [0.2, 0.25) is 5.02 Å². The molecule has 0 spiro atoms. The molecule has 0 bridgehead atoms. The zero-order chi connectivity index (χ0) is 17.4. The molecule has 6 nitrogen and oxygen atoms in total. The van der Waals surface area contributed by atoms with E-state index in [-0.39, 0.29) is 5.69 Å². The maximum atomic E-state index is 11.7. The second-order valence-electron chi connectivity index (χ2n) is 5.86. The van der Waals surface area contributed by atoms with Gasteiger partial charge < -0.3 is 10.0 Å². The van der Waals surface area contributed by atoms with Crippen LogP contribution >= 0.6 is 11.6 Å². The van der Waals surface area contributed by atoms with E-state index in [0.717, 1.165) is 6.42 Å². The Morgan fingerprint density at radius 1 is 1.04 bits per heavy atom. The number of nitrogens with zero attached hydrogens (tertiary/aromatic N) is 4. The molecule has 1 aliphatic heterocycles. The van der Waals surface area contributed by atoms with E-state index in [1.165, 1.54) is 15.9 Å². The number of hydrogen-bond donors (Lipinski definition) is 1. The van der Waals surface area contributed by atoms with Crippen LogP contribution in [-0.4, -0.2) is 32.6 Å². The van der Waals surface area contributed by atoms with Crippen LogP contribution < -0.4 is 4.90 Å². The predicted octanol–water partition coefficient (Wildman–Crippen LogP) is 3.18. The summed E-state index contributed by atoms with van der Waals surface area (Å²) in [5, 5.41) is 18.6. The van der Waals surface area contributed by atoms with Crippen molar-refractivity contribution < 1.29 is 9.90 Å². The van der Waals surface area contributed by atoms with Crippen LogP contribution in [0.1, 0.15) is 21.6 Å². The van der Waals surface area contributed by atoms with Crippen LogP contribution in [0.25, 0.3) is 5.69 Å². The summed E-state index contributed by atoms with van der Waals surface area (Å²) >= 11 is 6.19. The Balaban J connectivity index is 1.75. The van der Waals surface area contributed by atoms with E-state index < -0.39 is 5.97 Å². The van der Waals surface area contributed by atoms with Gasteiger partial charge in [0.2, 0.25) is 5.69 Å². The Bertz CT molecular complexity index is 954. The quantitative estimate of drug-likeness (QED) is 0.782. The molecule has 0 aliphatic carbocycles. The van der Waals surface area contributed by atoms with Crippen LogP contribution in [0.3, 0.4) is 0 Å². The number of carboxylic acid groups (broad SMARTS) is 1. The Morgan fingerprint density at radius 3 is 2.52 bits per heavy atom. The lowest BCUT2D eigenvalue weighted by Crippen LogP contribution is -2.31. The lowest BCUT2D eigenvalue weighted by atomic mass is 10.00. The van der Waals surface area contributed by atoms with Gasteiger partial charge in [-0.2, -0.15) is 0 Å². The molecule has 0 fully saturated rings. The fourth-order valence-electron chi connectivity index (χ4n) is 3.05. The van der Waals surface area contributed by atoms with Crippen LogP contribution in [0.15, 0.2) is 48.5 Å². The van der Waals surface area contributed by atoms with Crippen molar-refractivity contribution in [1.82, 2.24) is 15.0 Å². The van der Waals surface area contributed by atoms with Gasteiger partial charge in [-0.25, -0.2) is 4.79 Å². The van der Waals surface area contributed by atoms with Crippen molar-refractivity contribution in [2.75, 3.05) is 11.4 Å². The normalized spacial score (nSPS) is 13.6. The summed E-state index contributed by atoms with van der Waals surface area (Å²) in [5.41, 5.74) is 2.95. The third kappa shape index (κ3) is 2.85. The van der Waals surface area contributed by atoms with E-state index in [1.54, 1.807) is 18.2 Å². The highest BCUT2D eigenvalue weighted by atomic mass is 35.5. The van der Waals surface area contributed by atoms with Crippen molar-refractivity contribution in [1.29, 1.82) is 0 Å². The second kappa shape index (κ2) is 6.22. The maximum Gasteiger partial charge on any atom is 0.360 e. The average molecular weight is 355 g/mol. The Labute approximate surface area is 149 Å². The first-order chi connectivity index (χ1) is 12.1. The monoisotopic (exact) mass is 354 g/mol. The van der Waals surface area contributed by atoms with Gasteiger partial charge in [-0.05, 0) is 29.7 Å². The lowest BCUT2D eigenvalue weighted by Gasteiger charge is -2.28. The number of halogens is 1. The highest BCUT2D eigenvalue weighted by molar-refractivity contribution is 6.32. The molecule has 1 N–H and O–H groups in total. The fourth-order valence-corrected chi connectivity index (χ4v) is 3.26. The van der Waals surface area contributed by atoms with Gasteiger partial charge in [0.15, 0.2) is 5.82 Å². The summed E-state index contributed by atoms with van der Waals surface area (Å²) in [6.07, 6.45) is 0.841. The van der Waals surface area contributed by atoms with Crippen LogP contribution in [0.4, 0.5) is 5.82 Å². The zero-order valence-electron chi connectivity index (χ0n) is 13.3. The summed E-state index contributed by atoms with van der Waals surface area (Å²) in [7, 11) is 0. The molecule has 0 amide bonds. The zero-order valence-corrected chi connectivity index (χ0v) is 14.0. The van der Waals surface area contributed by atoms with Crippen molar-refractivity contribution in [3.63, 3.8) is 0 Å². The minimum atomic E-state index is -1.10. The molecule has 126 valence electrons. The predicted molar refractivity (Wildman–Crippen MR) is 94.5 cm³/mol. The molecule has 1 aliphatic rings. The van der Waals surface area contributed by atoms with E-state index in [4.69, 9.17) is 11.6 Å². The van der Waals surface area contributed by atoms with Crippen molar-refractivity contribution in [2.45, 2.75) is 13.0 Å². The van der Waals surface area contributed by atoms with Crippen LogP contribution in [0, 0.1) is 0 Å². The molecule has 0 radical (unpaired) electrons. The highest BCUT2D eigenvalue weighted by Crippen LogP contribution is 2.27. The van der Waals surface area contributed by atoms with Gasteiger partial charge in [-0.3, -0.25) is 0 Å². The van der Waals surface area contributed by atoms with Crippen molar-refractivity contribution in [3.8, 4) is 5.69 Å². The summed E-state index contributed by atoms with van der Waals surface area (Å²) in [6.45, 7) is 1.30.